The summed E-state index contributed by atoms with van der Waals surface area (Å²) < 4.78 is 29.2. The zero-order chi connectivity index (χ0) is 15.6. The van der Waals surface area contributed by atoms with Crippen LogP contribution in [-0.4, -0.2) is 54.9 Å². The van der Waals surface area contributed by atoms with Gasteiger partial charge >= 0.3 is 0 Å². The Labute approximate surface area is 132 Å². The maximum Gasteiger partial charge on any atom is 0.244 e. The molecule has 0 bridgehead atoms. The Bertz CT molecular complexity index is 585. The van der Waals surface area contributed by atoms with Gasteiger partial charge in [0.15, 0.2) is 0 Å². The predicted octanol–water partition coefficient (Wildman–Crippen LogP) is 1.96. The molecule has 0 aromatic carbocycles. The zero-order valence-corrected chi connectivity index (χ0v) is 14.5. The molecule has 2 rings (SSSR count). The molecule has 1 unspecified atom stereocenters. The largest absolute Gasteiger partial charge is 0.349 e. The van der Waals surface area contributed by atoms with Crippen LogP contribution in [0.4, 0.5) is 0 Å². The summed E-state index contributed by atoms with van der Waals surface area (Å²) in [4.78, 5) is 2.52. The van der Waals surface area contributed by atoms with E-state index in [1.807, 2.05) is 18.5 Å². The first-order valence-corrected chi connectivity index (χ1v) is 9.33. The number of aromatic nitrogens is 1. The van der Waals surface area contributed by atoms with Crippen LogP contribution >= 0.6 is 11.6 Å². The molecule has 1 saturated heterocycles. The zero-order valence-electron chi connectivity index (χ0n) is 12.9. The van der Waals surface area contributed by atoms with Crippen LogP contribution in [0.3, 0.4) is 0 Å². The van der Waals surface area contributed by atoms with E-state index in [1.54, 1.807) is 16.6 Å². The molecule has 1 atom stereocenters. The molecule has 0 N–H and O–H groups in total. The highest BCUT2D eigenvalue weighted by atomic mass is 35.5. The van der Waals surface area contributed by atoms with E-state index in [2.05, 4.69) is 11.8 Å². The molecule has 0 saturated carbocycles. The van der Waals surface area contributed by atoms with E-state index >= 15 is 0 Å². The van der Waals surface area contributed by atoms with Crippen LogP contribution in [0.25, 0.3) is 0 Å². The standard InChI is InChI=1S/C14H24ClN3O2S/c1-4-5-17-11-14(8-13(17)9-15)21(19,20)18-7-6-16(3)10-12(18)2/h8,11-12H,4-7,9-10H2,1-3H3. The van der Waals surface area contributed by atoms with Gasteiger partial charge in [0, 0.05) is 44.1 Å². The Kier molecular flexibility index (Phi) is 5.35. The third-order valence-electron chi connectivity index (χ3n) is 3.94. The topological polar surface area (TPSA) is 45.6 Å². The molecule has 2 heterocycles. The summed E-state index contributed by atoms with van der Waals surface area (Å²) in [7, 11) is -1.42. The van der Waals surface area contributed by atoms with Gasteiger partial charge in [0.2, 0.25) is 10.0 Å². The van der Waals surface area contributed by atoms with Crippen molar-refractivity contribution in [2.75, 3.05) is 26.7 Å². The fourth-order valence-electron chi connectivity index (χ4n) is 2.84. The molecule has 21 heavy (non-hydrogen) atoms. The number of rotatable bonds is 5. The van der Waals surface area contributed by atoms with Crippen molar-refractivity contribution >= 4 is 21.6 Å². The summed E-state index contributed by atoms with van der Waals surface area (Å²) in [5.41, 5.74) is 0.860. The van der Waals surface area contributed by atoms with Crippen LogP contribution in [-0.2, 0) is 22.4 Å². The van der Waals surface area contributed by atoms with E-state index in [9.17, 15) is 8.42 Å². The van der Waals surface area contributed by atoms with Crippen LogP contribution in [0, 0.1) is 0 Å². The van der Waals surface area contributed by atoms with Crippen molar-refractivity contribution in [1.29, 1.82) is 0 Å². The van der Waals surface area contributed by atoms with Gasteiger partial charge in [0.1, 0.15) is 4.90 Å². The van der Waals surface area contributed by atoms with Gasteiger partial charge in [0.05, 0.1) is 5.88 Å². The van der Waals surface area contributed by atoms with Crippen molar-refractivity contribution in [2.45, 2.75) is 43.6 Å². The second-order valence-corrected chi connectivity index (χ2v) is 7.88. The van der Waals surface area contributed by atoms with Crippen molar-refractivity contribution in [3.05, 3.63) is 18.0 Å². The summed E-state index contributed by atoms with van der Waals surface area (Å²) in [5, 5.41) is 0. The van der Waals surface area contributed by atoms with Crippen LogP contribution in [0.15, 0.2) is 17.2 Å². The SMILES string of the molecule is CCCn1cc(S(=O)(=O)N2CCN(C)CC2C)cc1CCl. The second-order valence-electron chi connectivity index (χ2n) is 5.72. The molecule has 1 aromatic rings. The summed E-state index contributed by atoms with van der Waals surface area (Å²) in [6.45, 7) is 6.87. The number of hydrogen-bond donors (Lipinski definition) is 0. The third kappa shape index (κ3) is 3.44. The molecule has 5 nitrogen and oxygen atoms in total. The van der Waals surface area contributed by atoms with E-state index in [1.165, 1.54) is 0 Å². The van der Waals surface area contributed by atoms with Crippen molar-refractivity contribution in [1.82, 2.24) is 13.8 Å². The number of nitrogens with zero attached hydrogens (tertiary/aromatic N) is 3. The Hall–Kier alpha value is -0.560. The monoisotopic (exact) mass is 333 g/mol. The maximum absolute atomic E-state index is 12.8. The van der Waals surface area contributed by atoms with Crippen LogP contribution in [0.2, 0.25) is 0 Å². The summed E-state index contributed by atoms with van der Waals surface area (Å²) in [6, 6.07) is 1.70. The first-order chi connectivity index (χ1) is 9.90. The highest BCUT2D eigenvalue weighted by Gasteiger charge is 2.33. The van der Waals surface area contributed by atoms with Gasteiger partial charge in [-0.15, -0.1) is 11.6 Å². The minimum Gasteiger partial charge on any atom is -0.349 e. The highest BCUT2D eigenvalue weighted by molar-refractivity contribution is 7.89. The second kappa shape index (κ2) is 6.69. The number of hydrogen-bond acceptors (Lipinski definition) is 3. The molecule has 1 aromatic heterocycles. The Morgan fingerprint density at radius 1 is 1.38 bits per heavy atom. The predicted molar refractivity (Wildman–Crippen MR) is 85.1 cm³/mol. The van der Waals surface area contributed by atoms with E-state index in [4.69, 9.17) is 11.6 Å². The van der Waals surface area contributed by atoms with E-state index in [-0.39, 0.29) is 6.04 Å². The van der Waals surface area contributed by atoms with Crippen molar-refractivity contribution in [2.24, 2.45) is 0 Å². The van der Waals surface area contributed by atoms with Crippen molar-refractivity contribution < 1.29 is 8.42 Å². The minimum atomic E-state index is -3.44. The normalized spacial score (nSPS) is 21.8. The van der Waals surface area contributed by atoms with Crippen molar-refractivity contribution in [3.63, 3.8) is 0 Å². The third-order valence-corrected chi connectivity index (χ3v) is 6.19. The van der Waals surface area contributed by atoms with E-state index < -0.39 is 10.0 Å². The average Bonchev–Trinajstić information content (AvgIpc) is 2.82. The number of sulfonamides is 1. The molecule has 120 valence electrons. The molecule has 7 heteroatoms. The van der Waals surface area contributed by atoms with Gasteiger partial charge in [0.25, 0.3) is 0 Å². The number of likely N-dealkylation sites (N-methyl/N-ethyl adjacent to an activating group) is 1. The minimum absolute atomic E-state index is 0.0114. The highest BCUT2D eigenvalue weighted by Crippen LogP contribution is 2.24. The number of piperazine rings is 1. The molecule has 1 aliphatic heterocycles. The first-order valence-electron chi connectivity index (χ1n) is 7.35. The van der Waals surface area contributed by atoms with Gasteiger partial charge in [-0.05, 0) is 26.5 Å². The smallest absolute Gasteiger partial charge is 0.244 e. The van der Waals surface area contributed by atoms with Crippen LogP contribution in [0.5, 0.6) is 0 Å². The lowest BCUT2D eigenvalue weighted by atomic mass is 10.2. The summed E-state index contributed by atoms with van der Waals surface area (Å²) in [6.07, 6.45) is 2.67. The van der Waals surface area contributed by atoms with Crippen LogP contribution < -0.4 is 0 Å². The number of alkyl halides is 1. The van der Waals surface area contributed by atoms with Gasteiger partial charge in [-0.25, -0.2) is 8.42 Å². The number of halogens is 1. The van der Waals surface area contributed by atoms with Crippen molar-refractivity contribution in [3.8, 4) is 0 Å². The first kappa shape index (κ1) is 16.8. The Balaban J connectivity index is 2.31. The fraction of sp³-hybridized carbons (Fsp3) is 0.714. The molecule has 1 aliphatic rings. The Morgan fingerprint density at radius 2 is 2.10 bits per heavy atom. The van der Waals surface area contributed by atoms with Gasteiger partial charge in [-0.2, -0.15) is 4.31 Å². The maximum atomic E-state index is 12.8. The molecule has 1 fully saturated rings. The van der Waals surface area contributed by atoms with E-state index in [0.717, 1.165) is 31.7 Å². The Morgan fingerprint density at radius 3 is 2.67 bits per heavy atom. The lowest BCUT2D eigenvalue weighted by Gasteiger charge is -2.36. The molecular formula is C14H24ClN3O2S. The van der Waals surface area contributed by atoms with Gasteiger partial charge in [-0.1, -0.05) is 6.92 Å². The molecule has 0 spiro atoms. The summed E-state index contributed by atoms with van der Waals surface area (Å²) in [5.74, 6) is 0.327. The summed E-state index contributed by atoms with van der Waals surface area (Å²) >= 11 is 5.93. The lowest BCUT2D eigenvalue weighted by molar-refractivity contribution is 0.170. The molecule has 0 radical (unpaired) electrons. The number of aryl methyl sites for hydroxylation is 1. The lowest BCUT2D eigenvalue weighted by Crippen LogP contribution is -2.52. The molecular weight excluding hydrogens is 310 g/mol. The fourth-order valence-corrected chi connectivity index (χ4v) is 4.75. The molecule has 0 amide bonds. The quantitative estimate of drug-likeness (QED) is 0.774. The molecule has 0 aliphatic carbocycles. The van der Waals surface area contributed by atoms with E-state index in [0.29, 0.717) is 17.3 Å². The van der Waals surface area contributed by atoms with Gasteiger partial charge in [-0.3, -0.25) is 0 Å². The van der Waals surface area contributed by atoms with Crippen LogP contribution in [0.1, 0.15) is 26.0 Å². The van der Waals surface area contributed by atoms with Gasteiger partial charge < -0.3 is 9.47 Å². The average molecular weight is 334 g/mol.